The fourth-order valence-electron chi connectivity index (χ4n) is 1.82. The number of nitro groups is 1. The summed E-state index contributed by atoms with van der Waals surface area (Å²) in [6, 6.07) is 3.42. The van der Waals surface area contributed by atoms with E-state index in [1.165, 1.54) is 6.20 Å². The second-order valence-corrected chi connectivity index (χ2v) is 4.53. The first-order valence-corrected chi connectivity index (χ1v) is 6.59. The molecule has 0 aliphatic carbocycles. The first-order chi connectivity index (χ1) is 10.0. The molecular weight excluding hydrogens is 274 g/mol. The van der Waals surface area contributed by atoms with Crippen LogP contribution in [0.15, 0.2) is 22.7 Å². The highest BCUT2D eigenvalue weighted by molar-refractivity contribution is 5.57. The van der Waals surface area contributed by atoms with Gasteiger partial charge >= 0.3 is 5.69 Å². The average molecular weight is 291 g/mol. The van der Waals surface area contributed by atoms with E-state index in [9.17, 15) is 10.1 Å². The molecule has 2 aromatic heterocycles. The topological polar surface area (TPSA) is 106 Å². The highest BCUT2D eigenvalue weighted by atomic mass is 16.6. The van der Waals surface area contributed by atoms with E-state index in [2.05, 4.69) is 20.6 Å². The van der Waals surface area contributed by atoms with Crippen LogP contribution in [0.1, 0.15) is 31.4 Å². The zero-order valence-corrected chi connectivity index (χ0v) is 12.1. The zero-order chi connectivity index (χ0) is 15.4. The van der Waals surface area contributed by atoms with Gasteiger partial charge in [-0.15, -0.1) is 0 Å². The molecule has 0 radical (unpaired) electrons. The van der Waals surface area contributed by atoms with Crippen LogP contribution in [0, 0.1) is 17.0 Å². The Morgan fingerprint density at radius 1 is 1.48 bits per heavy atom. The number of rotatable bonds is 6. The molecule has 0 aliphatic rings. The van der Waals surface area contributed by atoms with Crippen molar-refractivity contribution in [2.24, 2.45) is 0 Å². The van der Waals surface area contributed by atoms with E-state index >= 15 is 0 Å². The van der Waals surface area contributed by atoms with Crippen molar-refractivity contribution in [1.29, 1.82) is 0 Å². The van der Waals surface area contributed by atoms with Gasteiger partial charge < -0.3 is 15.1 Å². The molecule has 2 aromatic rings. The number of anilines is 2. The van der Waals surface area contributed by atoms with Gasteiger partial charge in [-0.25, -0.2) is 4.98 Å². The summed E-state index contributed by atoms with van der Waals surface area (Å²) in [7, 11) is 0. The Bertz CT molecular complexity index is 640. The Labute approximate surface area is 121 Å². The summed E-state index contributed by atoms with van der Waals surface area (Å²) < 4.78 is 5.50. The predicted octanol–water partition coefficient (Wildman–Crippen LogP) is 2.89. The highest BCUT2D eigenvalue weighted by Crippen LogP contribution is 2.27. The number of hydrogen-bond acceptors (Lipinski definition) is 7. The molecule has 0 aromatic carbocycles. The van der Waals surface area contributed by atoms with E-state index in [0.29, 0.717) is 18.3 Å². The molecule has 2 heterocycles. The Morgan fingerprint density at radius 2 is 2.24 bits per heavy atom. The highest BCUT2D eigenvalue weighted by Gasteiger charge is 2.20. The summed E-state index contributed by atoms with van der Waals surface area (Å²) >= 11 is 0. The first-order valence-electron chi connectivity index (χ1n) is 6.59. The molecule has 112 valence electrons. The molecule has 8 nitrogen and oxygen atoms in total. The lowest BCUT2D eigenvalue weighted by Crippen LogP contribution is -2.11. The molecule has 0 saturated carbocycles. The van der Waals surface area contributed by atoms with E-state index in [1.807, 2.05) is 32.9 Å². The zero-order valence-electron chi connectivity index (χ0n) is 12.1. The molecule has 21 heavy (non-hydrogen) atoms. The fraction of sp³-hybridized carbons (Fsp3) is 0.385. The second-order valence-electron chi connectivity index (χ2n) is 4.53. The van der Waals surface area contributed by atoms with Crippen LogP contribution in [0.25, 0.3) is 0 Å². The Hall–Kier alpha value is -2.64. The fourth-order valence-corrected chi connectivity index (χ4v) is 1.82. The minimum Gasteiger partial charge on any atom is -0.464 e. The third kappa shape index (κ3) is 3.47. The molecule has 0 saturated heterocycles. The van der Waals surface area contributed by atoms with Crippen LogP contribution in [0.3, 0.4) is 0 Å². The van der Waals surface area contributed by atoms with Crippen LogP contribution >= 0.6 is 0 Å². The monoisotopic (exact) mass is 291 g/mol. The molecule has 1 unspecified atom stereocenters. The minimum absolute atomic E-state index is 0.160. The van der Waals surface area contributed by atoms with Gasteiger partial charge in [0.1, 0.15) is 17.7 Å². The van der Waals surface area contributed by atoms with E-state index in [0.717, 1.165) is 5.76 Å². The van der Waals surface area contributed by atoms with Gasteiger partial charge in [-0.2, -0.15) is 4.98 Å². The molecule has 1 atom stereocenters. The normalized spacial score (nSPS) is 12.0. The van der Waals surface area contributed by atoms with Gasteiger partial charge in [0.15, 0.2) is 0 Å². The molecular formula is C13H17N5O3. The van der Waals surface area contributed by atoms with E-state index < -0.39 is 4.92 Å². The molecule has 2 rings (SSSR count). The van der Waals surface area contributed by atoms with E-state index in [1.54, 1.807) is 0 Å². The lowest BCUT2D eigenvalue weighted by atomic mass is 10.2. The summed E-state index contributed by atoms with van der Waals surface area (Å²) in [5.74, 6) is 1.97. The van der Waals surface area contributed by atoms with Gasteiger partial charge in [0.25, 0.3) is 0 Å². The standard InChI is InChI=1S/C13H17N5O3/c1-4-14-13-15-7-10(18(19)20)12(17-13)16-9(3)11-6-5-8(2)21-11/h5-7,9H,4H2,1-3H3,(H2,14,15,16,17). The van der Waals surface area contributed by atoms with Gasteiger partial charge in [-0.1, -0.05) is 0 Å². The predicted molar refractivity (Wildman–Crippen MR) is 78.3 cm³/mol. The number of furan rings is 1. The Morgan fingerprint density at radius 3 is 2.81 bits per heavy atom. The van der Waals surface area contributed by atoms with Crippen LogP contribution in [0.2, 0.25) is 0 Å². The maximum absolute atomic E-state index is 11.1. The Kier molecular flexibility index (Phi) is 4.36. The van der Waals surface area contributed by atoms with Crippen LogP contribution in [-0.2, 0) is 0 Å². The van der Waals surface area contributed by atoms with Crippen LogP contribution < -0.4 is 10.6 Å². The van der Waals surface area contributed by atoms with Crippen molar-refractivity contribution in [1.82, 2.24) is 9.97 Å². The molecule has 2 N–H and O–H groups in total. The molecule has 0 bridgehead atoms. The van der Waals surface area contributed by atoms with E-state index in [-0.39, 0.29) is 17.5 Å². The SMILES string of the molecule is CCNc1ncc([N+](=O)[O-])c(NC(C)c2ccc(C)o2)n1. The van der Waals surface area contributed by atoms with Gasteiger partial charge in [0.2, 0.25) is 11.8 Å². The van der Waals surface area contributed by atoms with Gasteiger partial charge in [0.05, 0.1) is 11.0 Å². The van der Waals surface area contributed by atoms with E-state index in [4.69, 9.17) is 4.42 Å². The third-order valence-electron chi connectivity index (χ3n) is 2.84. The van der Waals surface area contributed by atoms with Crippen molar-refractivity contribution >= 4 is 17.5 Å². The maximum atomic E-state index is 11.1. The second kappa shape index (κ2) is 6.21. The van der Waals surface area contributed by atoms with Crippen molar-refractivity contribution in [3.8, 4) is 0 Å². The number of aryl methyl sites for hydroxylation is 1. The largest absolute Gasteiger partial charge is 0.464 e. The molecule has 0 amide bonds. The minimum atomic E-state index is -0.516. The number of nitrogens with one attached hydrogen (secondary N) is 2. The van der Waals surface area contributed by atoms with Crippen LogP contribution in [0.5, 0.6) is 0 Å². The van der Waals surface area contributed by atoms with Gasteiger partial charge in [-0.3, -0.25) is 10.1 Å². The smallest absolute Gasteiger partial charge is 0.329 e. The lowest BCUT2D eigenvalue weighted by molar-refractivity contribution is -0.384. The first kappa shape index (κ1) is 14.8. The number of hydrogen-bond donors (Lipinski definition) is 2. The van der Waals surface area contributed by atoms with Gasteiger partial charge in [0, 0.05) is 6.54 Å². The summed E-state index contributed by atoms with van der Waals surface area (Å²) in [5.41, 5.74) is -0.174. The van der Waals surface area contributed by atoms with Crippen molar-refractivity contribution in [3.05, 3.63) is 40.0 Å². The Balaban J connectivity index is 2.27. The van der Waals surface area contributed by atoms with Gasteiger partial charge in [-0.05, 0) is 32.9 Å². The summed E-state index contributed by atoms with van der Waals surface area (Å²) in [5, 5.41) is 17.0. The van der Waals surface area contributed by atoms with Crippen molar-refractivity contribution < 1.29 is 9.34 Å². The van der Waals surface area contributed by atoms with Crippen molar-refractivity contribution in [2.45, 2.75) is 26.8 Å². The van der Waals surface area contributed by atoms with Crippen molar-refractivity contribution in [2.75, 3.05) is 17.2 Å². The molecule has 0 aliphatic heterocycles. The average Bonchev–Trinajstić information content (AvgIpc) is 2.86. The molecule has 0 spiro atoms. The number of nitrogens with zero attached hydrogens (tertiary/aromatic N) is 3. The third-order valence-corrected chi connectivity index (χ3v) is 2.84. The molecule has 8 heteroatoms. The van der Waals surface area contributed by atoms with Crippen molar-refractivity contribution in [3.63, 3.8) is 0 Å². The maximum Gasteiger partial charge on any atom is 0.329 e. The summed E-state index contributed by atoms with van der Waals surface area (Å²) in [6.07, 6.45) is 1.19. The van der Waals surface area contributed by atoms with Crippen LogP contribution in [0.4, 0.5) is 17.5 Å². The van der Waals surface area contributed by atoms with Crippen LogP contribution in [-0.4, -0.2) is 21.4 Å². The molecule has 0 fully saturated rings. The lowest BCUT2D eigenvalue weighted by Gasteiger charge is -2.13. The quantitative estimate of drug-likeness (QED) is 0.622. The summed E-state index contributed by atoms with van der Waals surface area (Å²) in [6.45, 7) is 6.21. The summed E-state index contributed by atoms with van der Waals surface area (Å²) in [4.78, 5) is 18.6. The number of aromatic nitrogens is 2.